The largest absolute Gasteiger partial charge is 0.379 e. The Hall–Kier alpha value is 1.30. The molecule has 0 rings (SSSR count). The second-order valence-electron chi connectivity index (χ2n) is 4.24. The summed E-state index contributed by atoms with van der Waals surface area (Å²) in [6.07, 6.45) is 5.09. The fourth-order valence-electron chi connectivity index (χ4n) is 1.47. The number of hydrogen-bond acceptors (Lipinski definition) is 4. The van der Waals surface area contributed by atoms with Crippen molar-refractivity contribution in [1.29, 1.82) is 0 Å². The Morgan fingerprint density at radius 2 is 0.850 bits per heavy atom. The van der Waals surface area contributed by atoms with Crippen LogP contribution in [0.15, 0.2) is 0 Å². The first-order valence-corrected chi connectivity index (χ1v) is 10.4. The van der Waals surface area contributed by atoms with Gasteiger partial charge in [0, 0.05) is 11.0 Å². The van der Waals surface area contributed by atoms with Gasteiger partial charge in [0.2, 0.25) is 0 Å². The van der Waals surface area contributed by atoms with E-state index in [4.69, 9.17) is 18.9 Å². The zero-order valence-electron chi connectivity index (χ0n) is 12.3. The predicted octanol–water partition coefficient (Wildman–Crippen LogP) is 3.48. The van der Waals surface area contributed by atoms with Crippen LogP contribution in [-0.2, 0) is 18.9 Å². The third-order valence-corrected chi connectivity index (χ3v) is 3.71. The maximum atomic E-state index is 5.50. The Balaban J connectivity index is 2.89. The standard InChI is InChI=1S/C14H28I2O4/c15-5-3-1-2-4-7-17-9-11-19-13-14-20-12-10-18-8-6-16/h1-14H2. The second-order valence-corrected chi connectivity index (χ2v) is 6.40. The van der Waals surface area contributed by atoms with Crippen LogP contribution in [0.5, 0.6) is 0 Å². The molecule has 0 aromatic rings. The first kappa shape index (κ1) is 21.3. The number of unbranched alkanes of at least 4 members (excludes halogenated alkanes) is 3. The molecule has 0 heterocycles. The first-order valence-electron chi connectivity index (χ1n) is 7.34. The molecule has 0 atom stereocenters. The van der Waals surface area contributed by atoms with Crippen molar-refractivity contribution in [2.45, 2.75) is 25.7 Å². The summed E-state index contributed by atoms with van der Waals surface area (Å²) in [5.74, 6) is 0. The van der Waals surface area contributed by atoms with E-state index >= 15 is 0 Å². The Morgan fingerprint density at radius 1 is 0.400 bits per heavy atom. The Labute approximate surface area is 150 Å². The van der Waals surface area contributed by atoms with Gasteiger partial charge in [0.15, 0.2) is 0 Å². The summed E-state index contributed by atoms with van der Waals surface area (Å²) in [7, 11) is 0. The van der Waals surface area contributed by atoms with Crippen molar-refractivity contribution in [3.63, 3.8) is 0 Å². The molecule has 0 aliphatic carbocycles. The third-order valence-electron chi connectivity index (χ3n) is 2.51. The van der Waals surface area contributed by atoms with E-state index in [1.807, 2.05) is 0 Å². The zero-order valence-corrected chi connectivity index (χ0v) is 16.6. The van der Waals surface area contributed by atoms with Crippen molar-refractivity contribution in [3.05, 3.63) is 0 Å². The molecule has 0 radical (unpaired) electrons. The van der Waals surface area contributed by atoms with E-state index in [1.165, 1.54) is 23.7 Å². The SMILES string of the molecule is ICCCCCCOCCOCCOCCOCCI. The van der Waals surface area contributed by atoms with Crippen LogP contribution in [0.3, 0.4) is 0 Å². The van der Waals surface area contributed by atoms with Gasteiger partial charge in [-0.3, -0.25) is 0 Å². The van der Waals surface area contributed by atoms with Crippen LogP contribution in [0.1, 0.15) is 25.7 Å². The molecule has 20 heavy (non-hydrogen) atoms. The smallest absolute Gasteiger partial charge is 0.0701 e. The minimum absolute atomic E-state index is 0.629. The highest BCUT2D eigenvalue weighted by Gasteiger charge is 1.93. The quantitative estimate of drug-likeness (QED) is 0.169. The maximum absolute atomic E-state index is 5.50. The van der Waals surface area contributed by atoms with Gasteiger partial charge in [-0.1, -0.05) is 58.0 Å². The lowest BCUT2D eigenvalue weighted by atomic mass is 10.2. The average molecular weight is 514 g/mol. The molecule has 0 aromatic heterocycles. The lowest BCUT2D eigenvalue weighted by molar-refractivity contribution is -0.000449. The van der Waals surface area contributed by atoms with Crippen LogP contribution in [0.25, 0.3) is 0 Å². The molecule has 0 saturated heterocycles. The highest BCUT2D eigenvalue weighted by molar-refractivity contribution is 14.1. The molecule has 0 unspecified atom stereocenters. The molecule has 6 heteroatoms. The summed E-state index contributed by atoms with van der Waals surface area (Å²) in [5.41, 5.74) is 0. The molecular formula is C14H28I2O4. The molecule has 122 valence electrons. The molecule has 0 saturated carbocycles. The van der Waals surface area contributed by atoms with Crippen LogP contribution in [0.4, 0.5) is 0 Å². The van der Waals surface area contributed by atoms with E-state index in [-0.39, 0.29) is 0 Å². The zero-order chi connectivity index (χ0) is 14.7. The topological polar surface area (TPSA) is 36.9 Å². The van der Waals surface area contributed by atoms with Gasteiger partial charge < -0.3 is 18.9 Å². The molecule has 0 aliphatic heterocycles. The van der Waals surface area contributed by atoms with Gasteiger partial charge in [-0.05, 0) is 17.3 Å². The molecule has 0 aromatic carbocycles. The molecule has 0 aliphatic rings. The van der Waals surface area contributed by atoms with Gasteiger partial charge in [0.1, 0.15) is 0 Å². The van der Waals surface area contributed by atoms with Crippen molar-refractivity contribution in [3.8, 4) is 0 Å². The summed E-state index contributed by atoms with van der Waals surface area (Å²) >= 11 is 4.71. The van der Waals surface area contributed by atoms with Crippen LogP contribution in [-0.4, -0.2) is 61.7 Å². The van der Waals surface area contributed by atoms with Crippen molar-refractivity contribution in [1.82, 2.24) is 0 Å². The molecule has 0 N–H and O–H groups in total. The van der Waals surface area contributed by atoms with E-state index in [0.717, 1.165) is 24.1 Å². The molecule has 0 bridgehead atoms. The highest BCUT2D eigenvalue weighted by atomic mass is 127. The van der Waals surface area contributed by atoms with Crippen LogP contribution in [0, 0.1) is 0 Å². The number of halogens is 2. The number of hydrogen-bond donors (Lipinski definition) is 0. The maximum Gasteiger partial charge on any atom is 0.0701 e. The van der Waals surface area contributed by atoms with Gasteiger partial charge in [-0.2, -0.15) is 0 Å². The van der Waals surface area contributed by atoms with Gasteiger partial charge in [0.05, 0.1) is 46.2 Å². The summed E-state index contributed by atoms with van der Waals surface area (Å²) in [6.45, 7) is 5.57. The summed E-state index contributed by atoms with van der Waals surface area (Å²) < 4.78 is 23.9. The Kier molecular flexibility index (Phi) is 21.6. The summed E-state index contributed by atoms with van der Waals surface area (Å²) in [6, 6.07) is 0. The van der Waals surface area contributed by atoms with Gasteiger partial charge >= 0.3 is 0 Å². The molecular weight excluding hydrogens is 486 g/mol. The van der Waals surface area contributed by atoms with Crippen LogP contribution < -0.4 is 0 Å². The fourth-order valence-corrected chi connectivity index (χ4v) is 2.32. The summed E-state index contributed by atoms with van der Waals surface area (Å²) in [4.78, 5) is 0. The van der Waals surface area contributed by atoms with Gasteiger partial charge in [-0.25, -0.2) is 0 Å². The highest BCUT2D eigenvalue weighted by Crippen LogP contribution is 2.02. The first-order chi connectivity index (χ1) is 9.91. The lowest BCUT2D eigenvalue weighted by Crippen LogP contribution is -2.12. The van der Waals surface area contributed by atoms with Gasteiger partial charge in [0.25, 0.3) is 0 Å². The minimum Gasteiger partial charge on any atom is -0.379 e. The minimum atomic E-state index is 0.629. The predicted molar refractivity (Wildman–Crippen MR) is 99.5 cm³/mol. The third kappa shape index (κ3) is 19.3. The second kappa shape index (κ2) is 20.3. The van der Waals surface area contributed by atoms with Crippen molar-refractivity contribution in [2.75, 3.05) is 61.7 Å². The van der Waals surface area contributed by atoms with Crippen molar-refractivity contribution >= 4 is 45.2 Å². The molecule has 4 nitrogen and oxygen atoms in total. The van der Waals surface area contributed by atoms with Crippen LogP contribution in [0.2, 0.25) is 0 Å². The molecule has 0 spiro atoms. The van der Waals surface area contributed by atoms with E-state index in [2.05, 4.69) is 45.2 Å². The molecule has 0 amide bonds. The Morgan fingerprint density at radius 3 is 1.35 bits per heavy atom. The van der Waals surface area contributed by atoms with Crippen molar-refractivity contribution < 1.29 is 18.9 Å². The number of alkyl halides is 2. The van der Waals surface area contributed by atoms with Gasteiger partial charge in [-0.15, -0.1) is 0 Å². The summed E-state index contributed by atoms with van der Waals surface area (Å²) in [5, 5.41) is 0. The van der Waals surface area contributed by atoms with E-state index in [0.29, 0.717) is 39.6 Å². The Bertz CT molecular complexity index is 155. The number of rotatable bonds is 17. The van der Waals surface area contributed by atoms with Crippen LogP contribution >= 0.6 is 45.2 Å². The average Bonchev–Trinajstić information content (AvgIpc) is 2.47. The fraction of sp³-hybridized carbons (Fsp3) is 1.00. The van der Waals surface area contributed by atoms with E-state index < -0.39 is 0 Å². The van der Waals surface area contributed by atoms with E-state index in [9.17, 15) is 0 Å². The van der Waals surface area contributed by atoms with E-state index in [1.54, 1.807) is 0 Å². The monoisotopic (exact) mass is 514 g/mol. The number of ether oxygens (including phenoxy) is 4. The van der Waals surface area contributed by atoms with Crippen molar-refractivity contribution in [2.24, 2.45) is 0 Å². The normalized spacial score (nSPS) is 11.1. The molecule has 0 fully saturated rings. The lowest BCUT2D eigenvalue weighted by Gasteiger charge is -2.07.